The number of nitrogen functional groups attached to an aromatic ring is 1. The van der Waals surface area contributed by atoms with E-state index < -0.39 is 5.60 Å². The van der Waals surface area contributed by atoms with Crippen LogP contribution in [0.15, 0.2) is 36.7 Å². The number of nitrogens with zero attached hydrogens (tertiary/aromatic N) is 6. The van der Waals surface area contributed by atoms with Crippen LogP contribution in [0.1, 0.15) is 40.4 Å². The minimum Gasteiger partial charge on any atom is -0.444 e. The van der Waals surface area contributed by atoms with Crippen LogP contribution in [0.2, 0.25) is 0 Å². The number of hydrogen-bond acceptors (Lipinski definition) is 6. The van der Waals surface area contributed by atoms with Crippen LogP contribution in [0.25, 0.3) is 27.6 Å². The third-order valence-corrected chi connectivity index (χ3v) is 5.22. The summed E-state index contributed by atoms with van der Waals surface area (Å²) in [5.74, 6) is 1.10. The first-order valence-corrected chi connectivity index (χ1v) is 10.8. The Hall–Kier alpha value is -3.62. The highest BCUT2D eigenvalue weighted by Crippen LogP contribution is 2.30. The van der Waals surface area contributed by atoms with Crippen LogP contribution in [0.5, 0.6) is 0 Å². The first kappa shape index (κ1) is 21.6. The van der Waals surface area contributed by atoms with Crippen LogP contribution in [0.4, 0.5) is 10.6 Å². The molecular formula is C23H29N7O2. The van der Waals surface area contributed by atoms with Gasteiger partial charge in [-0.05, 0) is 58.9 Å². The smallest absolute Gasteiger partial charge is 0.410 e. The minimum atomic E-state index is -0.563. The summed E-state index contributed by atoms with van der Waals surface area (Å²) in [6.45, 7) is 11.0. The molecule has 0 radical (unpaired) electrons. The van der Waals surface area contributed by atoms with E-state index in [4.69, 9.17) is 15.5 Å². The van der Waals surface area contributed by atoms with E-state index in [0.29, 0.717) is 31.0 Å². The van der Waals surface area contributed by atoms with Crippen LogP contribution in [-0.2, 0) is 17.8 Å². The molecule has 0 spiro atoms. The van der Waals surface area contributed by atoms with E-state index in [1.54, 1.807) is 15.8 Å². The highest BCUT2D eigenvalue weighted by atomic mass is 16.6. The lowest BCUT2D eigenvalue weighted by Crippen LogP contribution is -2.37. The maximum atomic E-state index is 12.7. The molecule has 0 aliphatic carbocycles. The number of rotatable bonds is 5. The number of fused-ring (bicyclic) bond motifs is 3. The molecule has 9 nitrogen and oxygen atoms in total. The Morgan fingerprint density at radius 3 is 2.62 bits per heavy atom. The van der Waals surface area contributed by atoms with Gasteiger partial charge in [-0.15, -0.1) is 0 Å². The number of ether oxygens (including phenoxy) is 1. The number of aromatic nitrogens is 5. The van der Waals surface area contributed by atoms with Gasteiger partial charge >= 0.3 is 6.09 Å². The highest BCUT2D eigenvalue weighted by Gasteiger charge is 2.24. The van der Waals surface area contributed by atoms with Crippen LogP contribution in [0.3, 0.4) is 0 Å². The van der Waals surface area contributed by atoms with Gasteiger partial charge < -0.3 is 19.9 Å². The molecule has 0 atom stereocenters. The molecule has 2 N–H and O–H groups in total. The molecule has 0 aliphatic heterocycles. The van der Waals surface area contributed by atoms with Crippen molar-refractivity contribution in [1.82, 2.24) is 29.2 Å². The average molecular weight is 436 g/mol. The molecule has 0 bridgehead atoms. The Bertz CT molecular complexity index is 1270. The van der Waals surface area contributed by atoms with Crippen molar-refractivity contribution >= 4 is 33.8 Å². The predicted molar refractivity (Wildman–Crippen MR) is 125 cm³/mol. The van der Waals surface area contributed by atoms with Crippen molar-refractivity contribution in [1.29, 1.82) is 0 Å². The highest BCUT2D eigenvalue weighted by molar-refractivity contribution is 6.07. The monoisotopic (exact) mass is 435 g/mol. The summed E-state index contributed by atoms with van der Waals surface area (Å²) in [4.78, 5) is 23.7. The largest absolute Gasteiger partial charge is 0.444 e. The number of hydrogen-bond donors (Lipinski definition) is 1. The van der Waals surface area contributed by atoms with Gasteiger partial charge in [0, 0.05) is 30.9 Å². The number of pyridine rings is 1. The number of imidazole rings is 1. The molecule has 0 saturated heterocycles. The second-order valence-corrected chi connectivity index (χ2v) is 8.61. The number of benzene rings is 1. The normalized spacial score (nSPS) is 11.9. The Kier molecular flexibility index (Phi) is 5.50. The Morgan fingerprint density at radius 2 is 2.00 bits per heavy atom. The summed E-state index contributed by atoms with van der Waals surface area (Å²) < 4.78 is 9.43. The quantitative estimate of drug-likeness (QED) is 0.505. The van der Waals surface area contributed by atoms with Crippen molar-refractivity contribution in [3.8, 4) is 5.69 Å². The lowest BCUT2D eigenvalue weighted by Gasteiger charge is -2.26. The van der Waals surface area contributed by atoms with Crippen LogP contribution in [-0.4, -0.2) is 47.5 Å². The SMILES string of the molecule is CCN(Cc1nc2c(N)nc3cc(-n4cccn4)ccc3c2n1CC)C(=O)OC(C)(C)C. The van der Waals surface area contributed by atoms with Gasteiger partial charge in [-0.2, -0.15) is 5.10 Å². The minimum absolute atomic E-state index is 0.320. The lowest BCUT2D eigenvalue weighted by molar-refractivity contribution is 0.0238. The second kappa shape index (κ2) is 8.14. The van der Waals surface area contributed by atoms with Crippen molar-refractivity contribution in [3.05, 3.63) is 42.5 Å². The van der Waals surface area contributed by atoms with Gasteiger partial charge in [-0.3, -0.25) is 0 Å². The molecule has 0 unspecified atom stereocenters. The first-order valence-electron chi connectivity index (χ1n) is 10.8. The molecular weight excluding hydrogens is 406 g/mol. The fourth-order valence-electron chi connectivity index (χ4n) is 3.77. The van der Waals surface area contributed by atoms with E-state index in [1.807, 2.05) is 58.2 Å². The molecule has 0 fully saturated rings. The Morgan fingerprint density at radius 1 is 1.22 bits per heavy atom. The molecule has 3 heterocycles. The Labute approximate surface area is 186 Å². The van der Waals surface area contributed by atoms with Gasteiger partial charge in [-0.25, -0.2) is 19.4 Å². The molecule has 9 heteroatoms. The molecule has 0 saturated carbocycles. The fourth-order valence-corrected chi connectivity index (χ4v) is 3.77. The van der Waals surface area contributed by atoms with E-state index in [9.17, 15) is 4.79 Å². The van der Waals surface area contributed by atoms with Crippen molar-refractivity contribution < 1.29 is 9.53 Å². The molecule has 4 rings (SSSR count). The number of aryl methyl sites for hydroxylation is 1. The van der Waals surface area contributed by atoms with Gasteiger partial charge in [0.05, 0.1) is 23.3 Å². The predicted octanol–water partition coefficient (Wildman–Crippen LogP) is 4.13. The molecule has 32 heavy (non-hydrogen) atoms. The average Bonchev–Trinajstić information content (AvgIpc) is 3.38. The van der Waals surface area contributed by atoms with Crippen molar-refractivity contribution in [2.45, 2.75) is 53.3 Å². The summed E-state index contributed by atoms with van der Waals surface area (Å²) in [6.07, 6.45) is 3.25. The second-order valence-electron chi connectivity index (χ2n) is 8.61. The number of carbonyl (C=O) groups excluding carboxylic acids is 1. The molecule has 0 aliphatic rings. The number of nitrogens with two attached hydrogens (primary N) is 1. The third kappa shape index (κ3) is 3.98. The van der Waals surface area contributed by atoms with E-state index in [0.717, 1.165) is 27.9 Å². The summed E-state index contributed by atoms with van der Waals surface area (Å²) >= 11 is 0. The third-order valence-electron chi connectivity index (χ3n) is 5.22. The van der Waals surface area contributed by atoms with Crippen LogP contribution < -0.4 is 5.73 Å². The molecule has 1 aromatic carbocycles. The van der Waals surface area contributed by atoms with Gasteiger partial charge in [0.15, 0.2) is 5.82 Å². The van der Waals surface area contributed by atoms with Crippen molar-refractivity contribution in [2.75, 3.05) is 12.3 Å². The fraction of sp³-hybridized carbons (Fsp3) is 0.391. The molecule has 3 aromatic heterocycles. The Balaban J connectivity index is 1.80. The van der Waals surface area contributed by atoms with Crippen molar-refractivity contribution in [2.24, 2.45) is 0 Å². The maximum Gasteiger partial charge on any atom is 0.410 e. The lowest BCUT2D eigenvalue weighted by atomic mass is 10.1. The van der Waals surface area contributed by atoms with E-state index in [1.165, 1.54) is 0 Å². The van der Waals surface area contributed by atoms with Gasteiger partial charge in [0.25, 0.3) is 0 Å². The molecule has 4 aromatic rings. The first-order chi connectivity index (χ1) is 15.2. The van der Waals surface area contributed by atoms with Crippen LogP contribution >= 0.6 is 0 Å². The van der Waals surface area contributed by atoms with E-state index in [-0.39, 0.29) is 6.09 Å². The summed E-state index contributed by atoms with van der Waals surface area (Å²) in [5, 5.41) is 5.24. The number of carbonyl (C=O) groups is 1. The molecule has 168 valence electrons. The maximum absolute atomic E-state index is 12.7. The number of anilines is 1. The number of amides is 1. The van der Waals surface area contributed by atoms with Gasteiger partial charge in [0.1, 0.15) is 16.9 Å². The summed E-state index contributed by atoms with van der Waals surface area (Å²) in [7, 11) is 0. The zero-order valence-corrected chi connectivity index (χ0v) is 19.2. The van der Waals surface area contributed by atoms with Gasteiger partial charge in [-0.1, -0.05) is 0 Å². The molecule has 1 amide bonds. The summed E-state index contributed by atoms with van der Waals surface area (Å²) in [5.41, 5.74) is 8.98. The topological polar surface area (TPSA) is 104 Å². The van der Waals surface area contributed by atoms with Gasteiger partial charge in [0.2, 0.25) is 0 Å². The van der Waals surface area contributed by atoms with E-state index in [2.05, 4.69) is 21.6 Å². The van der Waals surface area contributed by atoms with Crippen molar-refractivity contribution in [3.63, 3.8) is 0 Å². The van der Waals surface area contributed by atoms with E-state index >= 15 is 0 Å². The summed E-state index contributed by atoms with van der Waals surface area (Å²) in [6, 6.07) is 7.85. The zero-order valence-electron chi connectivity index (χ0n) is 19.2. The zero-order chi connectivity index (χ0) is 23.0. The van der Waals surface area contributed by atoms with Crippen LogP contribution in [0, 0.1) is 0 Å². The standard InChI is InChI=1S/C23H29N7O2/c1-6-28(22(31)32-23(3,4)5)14-18-27-19-20(29(18)7-2)16-10-9-15(30-12-8-11-25-30)13-17(16)26-21(19)24/h8-13H,6-7,14H2,1-5H3,(H2,24,26).